The SMILES string of the molecule is CC(C)(C)C1CCCNS1(=O)=O. The van der Waals surface area contributed by atoms with Gasteiger partial charge in [0.25, 0.3) is 0 Å². The molecule has 1 rings (SSSR count). The van der Waals surface area contributed by atoms with Crippen molar-refractivity contribution < 1.29 is 8.42 Å². The molecule has 1 fully saturated rings. The first-order chi connectivity index (χ1) is 5.34. The Bertz CT molecular complexity index is 251. The van der Waals surface area contributed by atoms with E-state index in [1.165, 1.54) is 0 Å². The summed E-state index contributed by atoms with van der Waals surface area (Å²) in [5.41, 5.74) is -0.147. The zero-order valence-electron chi connectivity index (χ0n) is 7.92. The van der Waals surface area contributed by atoms with E-state index in [-0.39, 0.29) is 10.7 Å². The summed E-state index contributed by atoms with van der Waals surface area (Å²) in [6, 6.07) is 0. The molecule has 1 heterocycles. The summed E-state index contributed by atoms with van der Waals surface area (Å²) >= 11 is 0. The normalized spacial score (nSPS) is 30.1. The summed E-state index contributed by atoms with van der Waals surface area (Å²) in [5.74, 6) is 0. The zero-order valence-corrected chi connectivity index (χ0v) is 8.74. The van der Waals surface area contributed by atoms with Crippen molar-refractivity contribution in [3.63, 3.8) is 0 Å². The molecule has 1 unspecified atom stereocenters. The van der Waals surface area contributed by atoms with Gasteiger partial charge in [-0.2, -0.15) is 0 Å². The van der Waals surface area contributed by atoms with Gasteiger partial charge in [-0.1, -0.05) is 20.8 Å². The summed E-state index contributed by atoms with van der Waals surface area (Å²) < 4.78 is 25.6. The minimum Gasteiger partial charge on any atom is -0.215 e. The molecule has 1 N–H and O–H groups in total. The second-order valence-electron chi connectivity index (χ2n) is 4.44. The highest BCUT2D eigenvalue weighted by atomic mass is 32.2. The Labute approximate surface area is 74.6 Å². The molecule has 72 valence electrons. The molecule has 0 aromatic rings. The van der Waals surface area contributed by atoms with E-state index >= 15 is 0 Å². The Morgan fingerprint density at radius 2 is 1.92 bits per heavy atom. The number of rotatable bonds is 0. The van der Waals surface area contributed by atoms with Crippen LogP contribution in [0, 0.1) is 5.41 Å². The van der Waals surface area contributed by atoms with E-state index in [0.717, 1.165) is 12.8 Å². The van der Waals surface area contributed by atoms with E-state index < -0.39 is 10.0 Å². The molecule has 0 aromatic heterocycles. The summed E-state index contributed by atoms with van der Waals surface area (Å²) in [5, 5.41) is -0.223. The minimum atomic E-state index is -3.03. The predicted octanol–water partition coefficient (Wildman–Crippen LogP) is 1.11. The van der Waals surface area contributed by atoms with Crippen molar-refractivity contribution in [1.29, 1.82) is 0 Å². The number of hydrogen-bond donors (Lipinski definition) is 1. The first-order valence-corrected chi connectivity index (χ1v) is 5.87. The molecule has 0 spiro atoms. The fourth-order valence-corrected chi connectivity index (χ4v) is 3.69. The fourth-order valence-electron chi connectivity index (χ4n) is 1.66. The fraction of sp³-hybridized carbons (Fsp3) is 1.00. The molecule has 1 aliphatic heterocycles. The molecule has 0 radical (unpaired) electrons. The molecule has 0 amide bonds. The summed E-state index contributed by atoms with van der Waals surface area (Å²) in [6.07, 6.45) is 1.75. The molecule has 1 saturated heterocycles. The van der Waals surface area contributed by atoms with Crippen LogP contribution >= 0.6 is 0 Å². The van der Waals surface area contributed by atoms with Gasteiger partial charge in [0.15, 0.2) is 0 Å². The second-order valence-corrected chi connectivity index (χ2v) is 6.38. The third-order valence-electron chi connectivity index (χ3n) is 2.29. The monoisotopic (exact) mass is 191 g/mol. The first kappa shape index (κ1) is 9.99. The van der Waals surface area contributed by atoms with Crippen molar-refractivity contribution in [3.05, 3.63) is 0 Å². The van der Waals surface area contributed by atoms with Crippen molar-refractivity contribution in [2.75, 3.05) is 6.54 Å². The quantitative estimate of drug-likeness (QED) is 0.623. The Kier molecular flexibility index (Phi) is 2.50. The lowest BCUT2D eigenvalue weighted by atomic mass is 9.89. The van der Waals surface area contributed by atoms with Crippen molar-refractivity contribution >= 4 is 10.0 Å². The maximum Gasteiger partial charge on any atom is 0.214 e. The number of sulfonamides is 1. The maximum absolute atomic E-state index is 11.5. The van der Waals surface area contributed by atoms with E-state index in [1.807, 2.05) is 20.8 Å². The number of hydrogen-bond acceptors (Lipinski definition) is 2. The second kappa shape index (κ2) is 3.00. The predicted molar refractivity (Wildman–Crippen MR) is 49.4 cm³/mol. The Balaban J connectivity index is 2.89. The van der Waals surface area contributed by atoms with Crippen LogP contribution in [0.15, 0.2) is 0 Å². The van der Waals surface area contributed by atoms with Crippen LogP contribution in [0.25, 0.3) is 0 Å². The molecular formula is C8H17NO2S. The third kappa shape index (κ3) is 1.98. The molecule has 1 atom stereocenters. The van der Waals surface area contributed by atoms with E-state index in [2.05, 4.69) is 4.72 Å². The van der Waals surface area contributed by atoms with Crippen LogP contribution < -0.4 is 4.72 Å². The molecule has 0 bridgehead atoms. The Hall–Kier alpha value is -0.0900. The zero-order chi connectivity index (χ0) is 9.41. The molecule has 12 heavy (non-hydrogen) atoms. The average Bonchev–Trinajstić information content (AvgIpc) is 1.83. The van der Waals surface area contributed by atoms with Crippen molar-refractivity contribution in [1.82, 2.24) is 4.72 Å². The van der Waals surface area contributed by atoms with Crippen LogP contribution in [-0.2, 0) is 10.0 Å². The van der Waals surface area contributed by atoms with Gasteiger partial charge < -0.3 is 0 Å². The van der Waals surface area contributed by atoms with Gasteiger partial charge in [-0.05, 0) is 18.3 Å². The van der Waals surface area contributed by atoms with Gasteiger partial charge in [-0.3, -0.25) is 0 Å². The van der Waals surface area contributed by atoms with Gasteiger partial charge in [0.2, 0.25) is 10.0 Å². The maximum atomic E-state index is 11.5. The largest absolute Gasteiger partial charge is 0.215 e. The minimum absolute atomic E-state index is 0.147. The standard InChI is InChI=1S/C8H17NO2S/c1-8(2,3)7-5-4-6-9-12(7,10)11/h7,9H,4-6H2,1-3H3. The van der Waals surface area contributed by atoms with Gasteiger partial charge in [-0.25, -0.2) is 13.1 Å². The molecular weight excluding hydrogens is 174 g/mol. The van der Waals surface area contributed by atoms with Gasteiger partial charge in [0, 0.05) is 6.54 Å². The Morgan fingerprint density at radius 3 is 2.25 bits per heavy atom. The van der Waals surface area contributed by atoms with E-state index in [0.29, 0.717) is 6.54 Å². The van der Waals surface area contributed by atoms with Gasteiger partial charge in [-0.15, -0.1) is 0 Å². The lowest BCUT2D eigenvalue weighted by molar-refractivity contribution is 0.344. The summed E-state index contributed by atoms with van der Waals surface area (Å²) in [6.45, 7) is 6.53. The van der Waals surface area contributed by atoms with Crippen molar-refractivity contribution in [2.45, 2.75) is 38.9 Å². The molecule has 3 nitrogen and oxygen atoms in total. The van der Waals surface area contributed by atoms with E-state index in [9.17, 15) is 8.42 Å². The van der Waals surface area contributed by atoms with Crippen LogP contribution in [0.2, 0.25) is 0 Å². The van der Waals surface area contributed by atoms with Crippen molar-refractivity contribution in [3.8, 4) is 0 Å². The summed E-state index contributed by atoms with van der Waals surface area (Å²) in [7, 11) is -3.03. The van der Waals surface area contributed by atoms with E-state index in [1.54, 1.807) is 0 Å². The molecule has 0 aromatic carbocycles. The van der Waals surface area contributed by atoms with Crippen molar-refractivity contribution in [2.24, 2.45) is 5.41 Å². The summed E-state index contributed by atoms with van der Waals surface area (Å²) in [4.78, 5) is 0. The smallest absolute Gasteiger partial charge is 0.214 e. The third-order valence-corrected chi connectivity index (χ3v) is 4.59. The van der Waals surface area contributed by atoms with Crippen LogP contribution in [0.4, 0.5) is 0 Å². The van der Waals surface area contributed by atoms with Gasteiger partial charge in [0.05, 0.1) is 5.25 Å². The van der Waals surface area contributed by atoms with Gasteiger partial charge in [0.1, 0.15) is 0 Å². The van der Waals surface area contributed by atoms with Crippen LogP contribution in [0.1, 0.15) is 33.6 Å². The Morgan fingerprint density at radius 1 is 1.33 bits per heavy atom. The highest BCUT2D eigenvalue weighted by Gasteiger charge is 2.37. The number of nitrogens with one attached hydrogen (secondary N) is 1. The van der Waals surface area contributed by atoms with Crippen LogP contribution in [0.5, 0.6) is 0 Å². The molecule has 4 heteroatoms. The lowest BCUT2D eigenvalue weighted by Crippen LogP contribution is -2.46. The highest BCUT2D eigenvalue weighted by molar-refractivity contribution is 7.90. The first-order valence-electron chi connectivity index (χ1n) is 4.32. The van der Waals surface area contributed by atoms with E-state index in [4.69, 9.17) is 0 Å². The van der Waals surface area contributed by atoms with Crippen LogP contribution in [0.3, 0.4) is 0 Å². The highest BCUT2D eigenvalue weighted by Crippen LogP contribution is 2.30. The van der Waals surface area contributed by atoms with Gasteiger partial charge >= 0.3 is 0 Å². The lowest BCUT2D eigenvalue weighted by Gasteiger charge is -2.33. The molecule has 0 saturated carbocycles. The topological polar surface area (TPSA) is 46.2 Å². The average molecular weight is 191 g/mol. The molecule has 0 aliphatic carbocycles. The molecule has 1 aliphatic rings. The van der Waals surface area contributed by atoms with Crippen LogP contribution in [-0.4, -0.2) is 20.2 Å².